The molecule has 5 heteroatoms. The van der Waals surface area contributed by atoms with E-state index in [2.05, 4.69) is 13.8 Å². The lowest BCUT2D eigenvalue weighted by Gasteiger charge is -2.37. The van der Waals surface area contributed by atoms with Gasteiger partial charge in [0.25, 0.3) is 0 Å². The van der Waals surface area contributed by atoms with E-state index >= 15 is 0 Å². The summed E-state index contributed by atoms with van der Waals surface area (Å²) in [6.45, 7) is 6.46. The molecule has 1 aliphatic rings. The van der Waals surface area contributed by atoms with Crippen LogP contribution in [-0.4, -0.2) is 53.6 Å². The molecular weight excluding hydrogens is 232 g/mol. The monoisotopic (exact) mass is 256 g/mol. The Morgan fingerprint density at radius 3 is 2.33 bits per heavy atom. The van der Waals surface area contributed by atoms with Crippen LogP contribution in [0.25, 0.3) is 0 Å². The van der Waals surface area contributed by atoms with Crippen molar-refractivity contribution < 1.29 is 14.7 Å². The van der Waals surface area contributed by atoms with Gasteiger partial charge in [-0.3, -0.25) is 4.79 Å². The Hall–Kier alpha value is -1.26. The number of carbonyl (C=O) groups excluding carboxylic acids is 1. The van der Waals surface area contributed by atoms with Crippen LogP contribution in [0.2, 0.25) is 0 Å². The molecule has 104 valence electrons. The molecule has 1 heterocycles. The van der Waals surface area contributed by atoms with Gasteiger partial charge in [0.1, 0.15) is 0 Å². The Morgan fingerprint density at radius 2 is 1.83 bits per heavy atom. The SMILES string of the molecule is CC1CC(C)CN(C(=O)N(C)CCCC(=O)O)C1. The fourth-order valence-corrected chi connectivity index (χ4v) is 2.62. The van der Waals surface area contributed by atoms with Gasteiger partial charge < -0.3 is 14.9 Å². The third kappa shape index (κ3) is 4.55. The number of carboxylic acid groups (broad SMARTS) is 1. The van der Waals surface area contributed by atoms with Crippen LogP contribution >= 0.6 is 0 Å². The summed E-state index contributed by atoms with van der Waals surface area (Å²) in [5.74, 6) is 0.284. The van der Waals surface area contributed by atoms with Crippen LogP contribution in [0.5, 0.6) is 0 Å². The van der Waals surface area contributed by atoms with Crippen molar-refractivity contribution in [1.82, 2.24) is 9.80 Å². The van der Waals surface area contributed by atoms with Gasteiger partial charge in [-0.1, -0.05) is 13.8 Å². The largest absolute Gasteiger partial charge is 0.481 e. The standard InChI is InChI=1S/C13H24N2O3/c1-10-7-11(2)9-15(8-10)13(18)14(3)6-4-5-12(16)17/h10-11H,4-9H2,1-3H3,(H,16,17). The highest BCUT2D eigenvalue weighted by molar-refractivity contribution is 5.74. The fraction of sp³-hybridized carbons (Fsp3) is 0.846. The van der Waals surface area contributed by atoms with Crippen LogP contribution in [0.3, 0.4) is 0 Å². The maximum atomic E-state index is 12.2. The highest BCUT2D eigenvalue weighted by Crippen LogP contribution is 2.21. The quantitative estimate of drug-likeness (QED) is 0.835. The molecule has 0 radical (unpaired) electrons. The Kier molecular flexibility index (Phi) is 5.44. The second kappa shape index (κ2) is 6.61. The van der Waals surface area contributed by atoms with E-state index in [1.807, 2.05) is 4.90 Å². The summed E-state index contributed by atoms with van der Waals surface area (Å²) < 4.78 is 0. The number of carbonyl (C=O) groups is 2. The van der Waals surface area contributed by atoms with Gasteiger partial charge in [0, 0.05) is 33.1 Å². The van der Waals surface area contributed by atoms with Crippen molar-refractivity contribution >= 4 is 12.0 Å². The number of carboxylic acids is 1. The molecule has 0 aliphatic carbocycles. The Morgan fingerprint density at radius 1 is 1.28 bits per heavy atom. The van der Waals surface area contributed by atoms with E-state index < -0.39 is 5.97 Å². The lowest BCUT2D eigenvalue weighted by Crippen LogP contribution is -2.48. The molecule has 1 rings (SSSR count). The van der Waals surface area contributed by atoms with Gasteiger partial charge in [-0.15, -0.1) is 0 Å². The molecule has 0 spiro atoms. The molecule has 0 aromatic rings. The summed E-state index contributed by atoms with van der Waals surface area (Å²) in [5.41, 5.74) is 0. The molecule has 5 nitrogen and oxygen atoms in total. The van der Waals surface area contributed by atoms with E-state index in [0.29, 0.717) is 24.8 Å². The smallest absolute Gasteiger partial charge is 0.319 e. The van der Waals surface area contributed by atoms with Crippen LogP contribution in [-0.2, 0) is 4.79 Å². The van der Waals surface area contributed by atoms with Crippen molar-refractivity contribution in [1.29, 1.82) is 0 Å². The van der Waals surface area contributed by atoms with Crippen LogP contribution in [0, 0.1) is 11.8 Å². The summed E-state index contributed by atoms with van der Waals surface area (Å²) in [4.78, 5) is 26.1. The van der Waals surface area contributed by atoms with Gasteiger partial charge in [0.05, 0.1) is 0 Å². The lowest BCUT2D eigenvalue weighted by molar-refractivity contribution is -0.137. The molecule has 2 amide bonds. The molecule has 1 fully saturated rings. The van der Waals surface area contributed by atoms with Crippen molar-refractivity contribution in [2.24, 2.45) is 11.8 Å². The van der Waals surface area contributed by atoms with E-state index in [-0.39, 0.29) is 12.5 Å². The zero-order valence-electron chi connectivity index (χ0n) is 11.6. The van der Waals surface area contributed by atoms with Crippen LogP contribution in [0.15, 0.2) is 0 Å². The molecule has 0 saturated carbocycles. The molecule has 2 atom stereocenters. The highest BCUT2D eigenvalue weighted by atomic mass is 16.4. The summed E-state index contributed by atoms with van der Waals surface area (Å²) in [6, 6.07) is 0.0267. The fourth-order valence-electron chi connectivity index (χ4n) is 2.62. The Bertz CT molecular complexity index is 297. The number of likely N-dealkylation sites (tertiary alicyclic amines) is 1. The van der Waals surface area contributed by atoms with Crippen molar-refractivity contribution in [3.05, 3.63) is 0 Å². The number of nitrogens with zero attached hydrogens (tertiary/aromatic N) is 2. The van der Waals surface area contributed by atoms with Crippen LogP contribution < -0.4 is 0 Å². The van der Waals surface area contributed by atoms with Crippen molar-refractivity contribution in [3.63, 3.8) is 0 Å². The molecule has 0 aromatic carbocycles. The molecule has 1 saturated heterocycles. The van der Waals surface area contributed by atoms with Crippen LogP contribution in [0.1, 0.15) is 33.1 Å². The molecule has 18 heavy (non-hydrogen) atoms. The number of urea groups is 1. The minimum atomic E-state index is -0.809. The summed E-state index contributed by atoms with van der Waals surface area (Å²) in [6.07, 6.45) is 1.80. The number of piperidine rings is 1. The van der Waals surface area contributed by atoms with Crippen molar-refractivity contribution in [2.75, 3.05) is 26.7 Å². The molecule has 1 N–H and O–H groups in total. The molecular formula is C13H24N2O3. The van der Waals surface area contributed by atoms with Gasteiger partial charge in [0.15, 0.2) is 0 Å². The predicted octanol–water partition coefficient (Wildman–Crippen LogP) is 1.88. The van der Waals surface area contributed by atoms with Gasteiger partial charge in [-0.05, 0) is 24.7 Å². The molecule has 1 aliphatic heterocycles. The Balaban J connectivity index is 2.40. The topological polar surface area (TPSA) is 60.9 Å². The highest BCUT2D eigenvalue weighted by Gasteiger charge is 2.26. The van der Waals surface area contributed by atoms with Gasteiger partial charge in [-0.2, -0.15) is 0 Å². The second-order valence-corrected chi connectivity index (χ2v) is 5.55. The minimum Gasteiger partial charge on any atom is -0.481 e. The predicted molar refractivity (Wildman–Crippen MR) is 69.4 cm³/mol. The van der Waals surface area contributed by atoms with Crippen LogP contribution in [0.4, 0.5) is 4.79 Å². The number of aliphatic carboxylic acids is 1. The maximum absolute atomic E-state index is 12.2. The summed E-state index contributed by atoms with van der Waals surface area (Å²) >= 11 is 0. The lowest BCUT2D eigenvalue weighted by atomic mass is 9.92. The number of hydrogen-bond acceptors (Lipinski definition) is 2. The van der Waals surface area contributed by atoms with E-state index in [4.69, 9.17) is 5.11 Å². The third-order valence-electron chi connectivity index (χ3n) is 3.35. The molecule has 0 bridgehead atoms. The first-order valence-electron chi connectivity index (χ1n) is 6.62. The van der Waals surface area contributed by atoms with Gasteiger partial charge >= 0.3 is 12.0 Å². The first kappa shape index (κ1) is 14.8. The van der Waals surface area contributed by atoms with Crippen molar-refractivity contribution in [2.45, 2.75) is 33.1 Å². The number of amides is 2. The average Bonchev–Trinajstić information content (AvgIpc) is 2.26. The van der Waals surface area contributed by atoms with Gasteiger partial charge in [0.2, 0.25) is 0 Å². The number of rotatable bonds is 4. The van der Waals surface area contributed by atoms with Gasteiger partial charge in [-0.25, -0.2) is 4.79 Å². The zero-order valence-corrected chi connectivity index (χ0v) is 11.6. The first-order valence-corrected chi connectivity index (χ1v) is 6.62. The molecule has 2 unspecified atom stereocenters. The van der Waals surface area contributed by atoms with E-state index in [1.54, 1.807) is 11.9 Å². The minimum absolute atomic E-state index is 0.0267. The number of hydrogen-bond donors (Lipinski definition) is 1. The summed E-state index contributed by atoms with van der Waals surface area (Å²) in [7, 11) is 1.74. The first-order chi connectivity index (χ1) is 8.40. The Labute approximate surface area is 109 Å². The average molecular weight is 256 g/mol. The van der Waals surface area contributed by atoms with E-state index in [9.17, 15) is 9.59 Å². The summed E-state index contributed by atoms with van der Waals surface area (Å²) in [5, 5.41) is 8.57. The van der Waals surface area contributed by atoms with E-state index in [1.165, 1.54) is 6.42 Å². The normalized spacial score (nSPS) is 23.8. The second-order valence-electron chi connectivity index (χ2n) is 5.55. The maximum Gasteiger partial charge on any atom is 0.319 e. The van der Waals surface area contributed by atoms with Crippen molar-refractivity contribution in [3.8, 4) is 0 Å². The third-order valence-corrected chi connectivity index (χ3v) is 3.35. The zero-order chi connectivity index (χ0) is 13.7. The molecule has 0 aromatic heterocycles. The van der Waals surface area contributed by atoms with E-state index in [0.717, 1.165) is 13.1 Å².